The summed E-state index contributed by atoms with van der Waals surface area (Å²) in [5.74, 6) is 1.56. The lowest BCUT2D eigenvalue weighted by molar-refractivity contribution is -0.135. The fourth-order valence-corrected chi connectivity index (χ4v) is 2.85. The molecule has 0 radical (unpaired) electrons. The van der Waals surface area contributed by atoms with Gasteiger partial charge in [0.1, 0.15) is 6.04 Å². The molecule has 7 heteroatoms. The second kappa shape index (κ2) is 5.22. The van der Waals surface area contributed by atoms with Crippen molar-refractivity contribution in [3.8, 4) is 0 Å². The Hall–Kier alpha value is -1.92. The Morgan fingerprint density at radius 3 is 2.65 bits per heavy atom. The number of nitrogens with one attached hydrogen (secondary N) is 1. The normalized spacial score (nSPS) is 23.9. The smallest absolute Gasteiger partial charge is 0.245 e. The van der Waals surface area contributed by atoms with Crippen molar-refractivity contribution in [2.24, 2.45) is 0 Å². The number of carbonyl (C=O) groups excluding carboxylic acids is 2. The largest absolute Gasteiger partial charge is 0.344 e. The first-order valence-electron chi connectivity index (χ1n) is 7.02. The lowest BCUT2D eigenvalue weighted by atomic mass is 9.96. The molecule has 1 N–H and O–H groups in total. The summed E-state index contributed by atoms with van der Waals surface area (Å²) in [5.41, 5.74) is 0. The molecule has 3 rings (SSSR count). The number of aryl methyl sites for hydroxylation is 1. The van der Waals surface area contributed by atoms with Gasteiger partial charge in [0.25, 0.3) is 0 Å². The van der Waals surface area contributed by atoms with Gasteiger partial charge in [0.15, 0.2) is 5.82 Å². The van der Waals surface area contributed by atoms with Gasteiger partial charge in [0, 0.05) is 25.4 Å². The van der Waals surface area contributed by atoms with Gasteiger partial charge in [0.05, 0.1) is 0 Å². The Kier molecular flexibility index (Phi) is 3.42. The fraction of sp³-hybridized carbons (Fsp3) is 0.692. The molecule has 0 saturated carbocycles. The second-order valence-electron chi connectivity index (χ2n) is 5.44. The topological polar surface area (TPSA) is 88.3 Å². The highest BCUT2D eigenvalue weighted by molar-refractivity contribution is 5.90. The molecule has 1 aromatic rings. The SMILES string of the molecule is Cc1noc(C2CCN(C(=O)C3CCC(=O)N3)CC2)n1. The van der Waals surface area contributed by atoms with Crippen LogP contribution >= 0.6 is 0 Å². The molecule has 2 amide bonds. The van der Waals surface area contributed by atoms with Gasteiger partial charge in [-0.1, -0.05) is 5.16 Å². The Labute approximate surface area is 116 Å². The Morgan fingerprint density at radius 2 is 2.10 bits per heavy atom. The zero-order chi connectivity index (χ0) is 14.1. The summed E-state index contributed by atoms with van der Waals surface area (Å²) in [5, 5.41) is 6.53. The van der Waals surface area contributed by atoms with Crippen molar-refractivity contribution in [2.75, 3.05) is 13.1 Å². The predicted octanol–water partition coefficient (Wildman–Crippen LogP) is 0.363. The van der Waals surface area contributed by atoms with Crippen LogP contribution in [-0.4, -0.2) is 46.0 Å². The molecule has 2 saturated heterocycles. The third kappa shape index (κ3) is 2.52. The Balaban J connectivity index is 1.55. The van der Waals surface area contributed by atoms with E-state index >= 15 is 0 Å². The van der Waals surface area contributed by atoms with Crippen LogP contribution in [0.3, 0.4) is 0 Å². The third-order valence-electron chi connectivity index (χ3n) is 3.99. The zero-order valence-corrected chi connectivity index (χ0v) is 11.5. The summed E-state index contributed by atoms with van der Waals surface area (Å²) in [6.45, 7) is 3.16. The van der Waals surface area contributed by atoms with E-state index in [1.165, 1.54) is 0 Å². The van der Waals surface area contributed by atoms with E-state index in [9.17, 15) is 9.59 Å². The van der Waals surface area contributed by atoms with Gasteiger partial charge in [-0.2, -0.15) is 4.98 Å². The highest BCUT2D eigenvalue weighted by Crippen LogP contribution is 2.27. The molecule has 1 atom stereocenters. The monoisotopic (exact) mass is 278 g/mol. The summed E-state index contributed by atoms with van der Waals surface area (Å²) in [7, 11) is 0. The van der Waals surface area contributed by atoms with Crippen LogP contribution in [0.5, 0.6) is 0 Å². The van der Waals surface area contributed by atoms with Gasteiger partial charge < -0.3 is 14.7 Å². The molecule has 3 heterocycles. The van der Waals surface area contributed by atoms with Crippen molar-refractivity contribution in [3.05, 3.63) is 11.7 Å². The minimum atomic E-state index is -0.329. The molecule has 0 aliphatic carbocycles. The molecule has 2 fully saturated rings. The van der Waals surface area contributed by atoms with E-state index in [2.05, 4.69) is 15.5 Å². The molecular formula is C13H18N4O3. The molecule has 108 valence electrons. The molecule has 7 nitrogen and oxygen atoms in total. The van der Waals surface area contributed by atoms with E-state index in [1.54, 1.807) is 6.92 Å². The van der Waals surface area contributed by atoms with Gasteiger partial charge >= 0.3 is 0 Å². The Bertz CT molecular complexity index is 519. The number of carbonyl (C=O) groups is 2. The molecule has 2 aliphatic heterocycles. The van der Waals surface area contributed by atoms with Crippen LogP contribution in [-0.2, 0) is 9.59 Å². The minimum Gasteiger partial charge on any atom is -0.344 e. The maximum atomic E-state index is 12.3. The van der Waals surface area contributed by atoms with Gasteiger partial charge in [-0.3, -0.25) is 9.59 Å². The lowest BCUT2D eigenvalue weighted by Crippen LogP contribution is -2.47. The second-order valence-corrected chi connectivity index (χ2v) is 5.44. The van der Waals surface area contributed by atoms with Gasteiger partial charge in [-0.05, 0) is 26.2 Å². The first kappa shape index (κ1) is 13.1. The summed E-state index contributed by atoms with van der Waals surface area (Å²) >= 11 is 0. The number of piperidine rings is 1. The number of likely N-dealkylation sites (tertiary alicyclic amines) is 1. The van der Waals surface area contributed by atoms with E-state index in [4.69, 9.17) is 4.52 Å². The van der Waals surface area contributed by atoms with Crippen LogP contribution < -0.4 is 5.32 Å². The van der Waals surface area contributed by atoms with Gasteiger partial charge in [-0.25, -0.2) is 0 Å². The molecular weight excluding hydrogens is 260 g/mol. The minimum absolute atomic E-state index is 0.0282. The maximum absolute atomic E-state index is 12.3. The molecule has 0 aromatic carbocycles. The highest BCUT2D eigenvalue weighted by Gasteiger charge is 2.33. The van der Waals surface area contributed by atoms with Crippen molar-refractivity contribution in [2.45, 2.75) is 44.6 Å². The van der Waals surface area contributed by atoms with E-state index in [0.717, 1.165) is 12.8 Å². The summed E-state index contributed by atoms with van der Waals surface area (Å²) in [6.07, 6.45) is 2.72. The van der Waals surface area contributed by atoms with Crippen LogP contribution in [0.1, 0.15) is 43.3 Å². The van der Waals surface area contributed by atoms with Gasteiger partial charge in [0.2, 0.25) is 17.7 Å². The van der Waals surface area contributed by atoms with Crippen molar-refractivity contribution in [1.29, 1.82) is 0 Å². The third-order valence-corrected chi connectivity index (χ3v) is 3.99. The standard InChI is InChI=1S/C13H18N4O3/c1-8-14-12(20-16-8)9-4-6-17(7-5-9)13(19)10-2-3-11(18)15-10/h9-10H,2-7H2,1H3,(H,15,18). The summed E-state index contributed by atoms with van der Waals surface area (Å²) < 4.78 is 5.19. The van der Waals surface area contributed by atoms with Crippen molar-refractivity contribution in [3.63, 3.8) is 0 Å². The number of hydrogen-bond acceptors (Lipinski definition) is 5. The zero-order valence-electron chi connectivity index (χ0n) is 11.5. The maximum Gasteiger partial charge on any atom is 0.245 e. The average Bonchev–Trinajstić information content (AvgIpc) is 3.07. The first-order valence-corrected chi connectivity index (χ1v) is 7.02. The van der Waals surface area contributed by atoms with E-state index in [-0.39, 0.29) is 23.8 Å². The number of amides is 2. The van der Waals surface area contributed by atoms with Crippen molar-refractivity contribution < 1.29 is 14.1 Å². The molecule has 0 spiro atoms. The average molecular weight is 278 g/mol. The number of rotatable bonds is 2. The van der Waals surface area contributed by atoms with Crippen LogP contribution in [0.25, 0.3) is 0 Å². The predicted molar refractivity (Wildman–Crippen MR) is 68.8 cm³/mol. The van der Waals surface area contributed by atoms with E-state index < -0.39 is 0 Å². The Morgan fingerprint density at radius 1 is 1.35 bits per heavy atom. The highest BCUT2D eigenvalue weighted by atomic mass is 16.5. The quantitative estimate of drug-likeness (QED) is 0.844. The van der Waals surface area contributed by atoms with Crippen molar-refractivity contribution >= 4 is 11.8 Å². The van der Waals surface area contributed by atoms with Crippen LogP contribution in [0.4, 0.5) is 0 Å². The molecule has 1 unspecified atom stereocenters. The summed E-state index contributed by atoms with van der Waals surface area (Å²) in [4.78, 5) is 29.5. The fourth-order valence-electron chi connectivity index (χ4n) is 2.85. The van der Waals surface area contributed by atoms with E-state index in [1.807, 2.05) is 4.90 Å². The molecule has 2 aliphatic rings. The molecule has 0 bridgehead atoms. The lowest BCUT2D eigenvalue weighted by Gasteiger charge is -2.32. The number of nitrogens with zero attached hydrogens (tertiary/aromatic N) is 3. The number of hydrogen-bond donors (Lipinski definition) is 1. The number of aromatic nitrogens is 2. The van der Waals surface area contributed by atoms with Crippen LogP contribution in [0.2, 0.25) is 0 Å². The van der Waals surface area contributed by atoms with Crippen LogP contribution in [0, 0.1) is 6.92 Å². The molecule has 1 aromatic heterocycles. The van der Waals surface area contributed by atoms with E-state index in [0.29, 0.717) is 37.6 Å². The van der Waals surface area contributed by atoms with Crippen molar-refractivity contribution in [1.82, 2.24) is 20.4 Å². The summed E-state index contributed by atoms with van der Waals surface area (Å²) in [6, 6.07) is -0.329. The molecule has 20 heavy (non-hydrogen) atoms. The van der Waals surface area contributed by atoms with Crippen LogP contribution in [0.15, 0.2) is 4.52 Å². The van der Waals surface area contributed by atoms with Gasteiger partial charge in [-0.15, -0.1) is 0 Å². The first-order chi connectivity index (χ1) is 9.63.